The normalized spacial score (nSPS) is 17.3. The zero-order chi connectivity index (χ0) is 12.3. The molecule has 0 atom stereocenters. The minimum Gasteiger partial charge on any atom is -0.330 e. The van der Waals surface area contributed by atoms with E-state index < -0.39 is 0 Å². The first kappa shape index (κ1) is 12.6. The van der Waals surface area contributed by atoms with Gasteiger partial charge in [-0.25, -0.2) is 0 Å². The van der Waals surface area contributed by atoms with Crippen LogP contribution in [0.4, 0.5) is 5.69 Å². The standard InChI is InChI=1S/C13H17BrN2O/c14-10-2-4-11(5-3-10)16-12(17)8-13(9-15)6-1-7-13/h2-5H,1,6-9,15H2,(H,16,17). The zero-order valence-electron chi connectivity index (χ0n) is 9.71. The van der Waals surface area contributed by atoms with Gasteiger partial charge in [0.05, 0.1) is 0 Å². The predicted molar refractivity (Wildman–Crippen MR) is 72.7 cm³/mol. The maximum Gasteiger partial charge on any atom is 0.224 e. The topological polar surface area (TPSA) is 55.1 Å². The predicted octanol–water partition coefficient (Wildman–Crippen LogP) is 2.91. The van der Waals surface area contributed by atoms with Crippen molar-refractivity contribution in [3.63, 3.8) is 0 Å². The summed E-state index contributed by atoms with van der Waals surface area (Å²) in [7, 11) is 0. The Morgan fingerprint density at radius 3 is 2.47 bits per heavy atom. The summed E-state index contributed by atoms with van der Waals surface area (Å²) in [4.78, 5) is 11.9. The van der Waals surface area contributed by atoms with E-state index in [-0.39, 0.29) is 11.3 Å². The summed E-state index contributed by atoms with van der Waals surface area (Å²) >= 11 is 3.36. The zero-order valence-corrected chi connectivity index (χ0v) is 11.3. The van der Waals surface area contributed by atoms with Crippen LogP contribution in [0, 0.1) is 5.41 Å². The number of nitrogens with two attached hydrogens (primary N) is 1. The Morgan fingerprint density at radius 1 is 1.35 bits per heavy atom. The van der Waals surface area contributed by atoms with E-state index in [1.165, 1.54) is 6.42 Å². The fraction of sp³-hybridized carbons (Fsp3) is 0.462. The molecule has 17 heavy (non-hydrogen) atoms. The molecule has 4 heteroatoms. The lowest BCUT2D eigenvalue weighted by molar-refractivity contribution is -0.119. The van der Waals surface area contributed by atoms with Crippen molar-refractivity contribution in [1.29, 1.82) is 0 Å². The van der Waals surface area contributed by atoms with Gasteiger partial charge in [-0.05, 0) is 49.1 Å². The number of carbonyl (C=O) groups excluding carboxylic acids is 1. The molecule has 0 aliphatic heterocycles. The fourth-order valence-corrected chi connectivity index (χ4v) is 2.47. The second kappa shape index (κ2) is 5.19. The molecule has 1 aromatic carbocycles. The molecule has 3 N–H and O–H groups in total. The van der Waals surface area contributed by atoms with Crippen LogP contribution in [0.5, 0.6) is 0 Å². The van der Waals surface area contributed by atoms with Crippen molar-refractivity contribution in [3.05, 3.63) is 28.7 Å². The number of carbonyl (C=O) groups is 1. The summed E-state index contributed by atoms with van der Waals surface area (Å²) in [6.45, 7) is 0.612. The molecule has 1 aliphatic rings. The van der Waals surface area contributed by atoms with Gasteiger partial charge in [0.25, 0.3) is 0 Å². The van der Waals surface area contributed by atoms with Gasteiger partial charge in [-0.3, -0.25) is 4.79 Å². The third kappa shape index (κ3) is 3.07. The van der Waals surface area contributed by atoms with Gasteiger partial charge in [-0.15, -0.1) is 0 Å². The van der Waals surface area contributed by atoms with Crippen LogP contribution in [0.25, 0.3) is 0 Å². The Morgan fingerprint density at radius 2 is 2.00 bits per heavy atom. The SMILES string of the molecule is NCC1(CC(=O)Nc2ccc(Br)cc2)CCC1. The minimum absolute atomic E-state index is 0.0671. The van der Waals surface area contributed by atoms with Crippen LogP contribution in [0.1, 0.15) is 25.7 Å². The highest BCUT2D eigenvalue weighted by Gasteiger charge is 2.37. The smallest absolute Gasteiger partial charge is 0.224 e. The lowest BCUT2D eigenvalue weighted by Gasteiger charge is -2.40. The van der Waals surface area contributed by atoms with Crippen molar-refractivity contribution in [2.45, 2.75) is 25.7 Å². The van der Waals surface area contributed by atoms with Crippen molar-refractivity contribution < 1.29 is 4.79 Å². The van der Waals surface area contributed by atoms with Crippen LogP contribution < -0.4 is 11.1 Å². The molecule has 1 aromatic rings. The Hall–Kier alpha value is -0.870. The van der Waals surface area contributed by atoms with Gasteiger partial charge >= 0.3 is 0 Å². The second-order valence-corrected chi connectivity index (χ2v) is 5.71. The van der Waals surface area contributed by atoms with Gasteiger partial charge in [0.2, 0.25) is 5.91 Å². The van der Waals surface area contributed by atoms with Gasteiger partial charge in [-0.2, -0.15) is 0 Å². The molecule has 1 fully saturated rings. The third-order valence-electron chi connectivity index (χ3n) is 3.51. The molecule has 1 saturated carbocycles. The molecule has 1 aliphatic carbocycles. The van der Waals surface area contributed by atoms with Crippen molar-refractivity contribution >= 4 is 27.5 Å². The van der Waals surface area contributed by atoms with E-state index in [0.717, 1.165) is 23.0 Å². The highest BCUT2D eigenvalue weighted by atomic mass is 79.9. The lowest BCUT2D eigenvalue weighted by atomic mass is 9.66. The van der Waals surface area contributed by atoms with E-state index in [0.29, 0.717) is 13.0 Å². The van der Waals surface area contributed by atoms with Gasteiger partial charge in [0, 0.05) is 16.6 Å². The Labute approximate surface area is 110 Å². The molecule has 1 amide bonds. The van der Waals surface area contributed by atoms with Crippen molar-refractivity contribution in [2.75, 3.05) is 11.9 Å². The molecule has 0 radical (unpaired) electrons. The first-order valence-electron chi connectivity index (χ1n) is 5.89. The molecular formula is C13H17BrN2O. The first-order chi connectivity index (χ1) is 8.13. The van der Waals surface area contributed by atoms with Crippen LogP contribution in [0.15, 0.2) is 28.7 Å². The number of hydrogen-bond acceptors (Lipinski definition) is 2. The van der Waals surface area contributed by atoms with E-state index in [9.17, 15) is 4.79 Å². The number of halogens is 1. The molecule has 0 saturated heterocycles. The summed E-state index contributed by atoms with van der Waals surface area (Å²) in [5, 5.41) is 2.91. The van der Waals surface area contributed by atoms with Crippen molar-refractivity contribution in [2.24, 2.45) is 11.1 Å². The molecule has 0 spiro atoms. The maximum absolute atomic E-state index is 11.9. The Balaban J connectivity index is 1.91. The molecule has 0 aromatic heterocycles. The van der Waals surface area contributed by atoms with E-state index >= 15 is 0 Å². The number of hydrogen-bond donors (Lipinski definition) is 2. The highest BCUT2D eigenvalue weighted by molar-refractivity contribution is 9.10. The number of anilines is 1. The number of amides is 1. The van der Waals surface area contributed by atoms with Crippen LogP contribution in [-0.2, 0) is 4.79 Å². The molecule has 3 nitrogen and oxygen atoms in total. The van der Waals surface area contributed by atoms with Crippen molar-refractivity contribution in [1.82, 2.24) is 0 Å². The summed E-state index contributed by atoms with van der Waals surface area (Å²) < 4.78 is 1.01. The van der Waals surface area contributed by atoms with Gasteiger partial charge in [-0.1, -0.05) is 22.4 Å². The summed E-state index contributed by atoms with van der Waals surface area (Å²) in [5.74, 6) is 0.0671. The van der Waals surface area contributed by atoms with Crippen LogP contribution >= 0.6 is 15.9 Å². The summed E-state index contributed by atoms with van der Waals surface area (Å²) in [5.41, 5.74) is 6.65. The Kier molecular flexibility index (Phi) is 3.84. The quantitative estimate of drug-likeness (QED) is 0.898. The summed E-state index contributed by atoms with van der Waals surface area (Å²) in [6, 6.07) is 7.60. The third-order valence-corrected chi connectivity index (χ3v) is 4.04. The molecule has 92 valence electrons. The minimum atomic E-state index is 0.0671. The average molecular weight is 297 g/mol. The number of benzene rings is 1. The van der Waals surface area contributed by atoms with E-state index in [4.69, 9.17) is 5.73 Å². The molecule has 0 heterocycles. The van der Waals surface area contributed by atoms with Gasteiger partial charge < -0.3 is 11.1 Å². The average Bonchev–Trinajstić information content (AvgIpc) is 2.27. The van der Waals surface area contributed by atoms with Crippen LogP contribution in [-0.4, -0.2) is 12.5 Å². The monoisotopic (exact) mass is 296 g/mol. The van der Waals surface area contributed by atoms with Gasteiger partial charge in [0.15, 0.2) is 0 Å². The van der Waals surface area contributed by atoms with Gasteiger partial charge in [0.1, 0.15) is 0 Å². The van der Waals surface area contributed by atoms with Crippen LogP contribution in [0.2, 0.25) is 0 Å². The molecular weight excluding hydrogens is 280 g/mol. The maximum atomic E-state index is 11.9. The first-order valence-corrected chi connectivity index (χ1v) is 6.68. The lowest BCUT2D eigenvalue weighted by Crippen LogP contribution is -2.40. The van der Waals surface area contributed by atoms with E-state index in [1.807, 2.05) is 24.3 Å². The van der Waals surface area contributed by atoms with E-state index in [2.05, 4.69) is 21.2 Å². The fourth-order valence-electron chi connectivity index (χ4n) is 2.21. The number of nitrogens with one attached hydrogen (secondary N) is 1. The molecule has 2 rings (SSSR count). The second-order valence-electron chi connectivity index (χ2n) is 4.79. The van der Waals surface area contributed by atoms with Crippen molar-refractivity contribution in [3.8, 4) is 0 Å². The van der Waals surface area contributed by atoms with E-state index in [1.54, 1.807) is 0 Å². The highest BCUT2D eigenvalue weighted by Crippen LogP contribution is 2.43. The largest absolute Gasteiger partial charge is 0.330 e. The Bertz CT molecular complexity index is 393. The summed E-state index contributed by atoms with van der Waals surface area (Å²) in [6.07, 6.45) is 3.90. The van der Waals surface area contributed by atoms with Crippen LogP contribution in [0.3, 0.4) is 0 Å². The molecule has 0 unspecified atom stereocenters. The molecule has 0 bridgehead atoms. The number of rotatable bonds is 4.